The van der Waals surface area contributed by atoms with Crippen LogP contribution in [0, 0.1) is 0 Å². The van der Waals surface area contributed by atoms with Crippen molar-refractivity contribution in [3.8, 4) is 0 Å². The van der Waals surface area contributed by atoms with E-state index < -0.39 is 28.6 Å². The average Bonchev–Trinajstić information content (AvgIpc) is 2.41. The highest BCUT2D eigenvalue weighted by molar-refractivity contribution is 6.84. The molecule has 132 valence electrons. The molecule has 0 unspecified atom stereocenters. The SMILES string of the molecule is CCO[Si](C)(C)C(C)=C(OC(=O)C=CC(=O)O)[Si](C)(C)OCC. The zero-order valence-corrected chi connectivity index (χ0v) is 17.1. The van der Waals surface area contributed by atoms with Crippen molar-refractivity contribution in [2.75, 3.05) is 13.2 Å². The first-order chi connectivity index (χ1) is 10.5. The van der Waals surface area contributed by atoms with Crippen molar-refractivity contribution in [2.24, 2.45) is 0 Å². The van der Waals surface area contributed by atoms with Gasteiger partial charge in [-0.25, -0.2) is 9.59 Å². The van der Waals surface area contributed by atoms with Crippen molar-refractivity contribution < 1.29 is 28.3 Å². The van der Waals surface area contributed by atoms with E-state index in [-0.39, 0.29) is 0 Å². The van der Waals surface area contributed by atoms with Gasteiger partial charge in [0, 0.05) is 25.4 Å². The van der Waals surface area contributed by atoms with Crippen LogP contribution in [0.1, 0.15) is 20.8 Å². The Kier molecular flexibility index (Phi) is 8.67. The zero-order valence-electron chi connectivity index (χ0n) is 15.1. The molecule has 0 saturated carbocycles. The molecule has 0 rings (SSSR count). The number of esters is 1. The van der Waals surface area contributed by atoms with Gasteiger partial charge in [0.15, 0.2) is 0 Å². The summed E-state index contributed by atoms with van der Waals surface area (Å²) in [5, 5.41) is 10.0. The summed E-state index contributed by atoms with van der Waals surface area (Å²) >= 11 is 0. The molecule has 6 nitrogen and oxygen atoms in total. The highest BCUT2D eigenvalue weighted by Crippen LogP contribution is 2.28. The van der Waals surface area contributed by atoms with Gasteiger partial charge < -0.3 is 18.7 Å². The minimum atomic E-state index is -2.44. The maximum absolute atomic E-state index is 11.9. The first kappa shape index (κ1) is 21.8. The second-order valence-corrected chi connectivity index (χ2v) is 13.8. The molecule has 0 fully saturated rings. The van der Waals surface area contributed by atoms with Crippen LogP contribution < -0.4 is 0 Å². The number of carboxylic acids is 1. The monoisotopic (exact) mass is 360 g/mol. The van der Waals surface area contributed by atoms with Gasteiger partial charge in [-0.15, -0.1) is 0 Å². The maximum atomic E-state index is 11.9. The van der Waals surface area contributed by atoms with E-state index in [1.165, 1.54) is 0 Å². The third-order valence-electron chi connectivity index (χ3n) is 3.37. The Labute approximate surface area is 140 Å². The fourth-order valence-electron chi connectivity index (χ4n) is 2.09. The van der Waals surface area contributed by atoms with Crippen molar-refractivity contribution in [1.82, 2.24) is 0 Å². The molecule has 1 N–H and O–H groups in total. The van der Waals surface area contributed by atoms with Crippen LogP contribution in [0.3, 0.4) is 0 Å². The average molecular weight is 361 g/mol. The number of aliphatic carboxylic acids is 1. The van der Waals surface area contributed by atoms with Crippen LogP contribution in [0.2, 0.25) is 26.2 Å². The molecule has 0 aromatic carbocycles. The summed E-state index contributed by atoms with van der Waals surface area (Å²) in [5.41, 5.74) is 0. The number of hydrogen-bond donors (Lipinski definition) is 1. The fourth-order valence-corrected chi connectivity index (χ4v) is 7.54. The van der Waals surface area contributed by atoms with Crippen molar-refractivity contribution in [3.05, 3.63) is 22.7 Å². The van der Waals surface area contributed by atoms with Crippen LogP contribution in [0.5, 0.6) is 0 Å². The lowest BCUT2D eigenvalue weighted by atomic mass is 10.5. The lowest BCUT2D eigenvalue weighted by molar-refractivity contribution is -0.135. The molecule has 0 saturated heterocycles. The van der Waals surface area contributed by atoms with Gasteiger partial charge >= 0.3 is 11.9 Å². The van der Waals surface area contributed by atoms with Crippen molar-refractivity contribution in [2.45, 2.75) is 47.0 Å². The highest BCUT2D eigenvalue weighted by atomic mass is 28.4. The Balaban J connectivity index is 5.75. The summed E-state index contributed by atoms with van der Waals surface area (Å²) in [7, 11) is -4.65. The van der Waals surface area contributed by atoms with Crippen LogP contribution in [0.15, 0.2) is 22.7 Å². The molecule has 0 heterocycles. The molecule has 0 atom stereocenters. The molecular weight excluding hydrogens is 332 g/mol. The van der Waals surface area contributed by atoms with Crippen LogP contribution in [0.25, 0.3) is 0 Å². The van der Waals surface area contributed by atoms with Crippen LogP contribution in [-0.2, 0) is 23.2 Å². The summed E-state index contributed by atoms with van der Waals surface area (Å²) in [6.45, 7) is 14.8. The normalized spacial score (nSPS) is 13.9. The van der Waals surface area contributed by atoms with Gasteiger partial charge in [-0.2, -0.15) is 0 Å². The van der Waals surface area contributed by atoms with E-state index in [1.54, 1.807) is 0 Å². The number of hydrogen-bond acceptors (Lipinski definition) is 5. The number of carbonyl (C=O) groups excluding carboxylic acids is 1. The number of carboxylic acid groups (broad SMARTS) is 1. The number of carbonyl (C=O) groups is 2. The van der Waals surface area contributed by atoms with Crippen LogP contribution >= 0.6 is 0 Å². The summed E-state index contributed by atoms with van der Waals surface area (Å²) in [6.07, 6.45) is 1.66. The summed E-state index contributed by atoms with van der Waals surface area (Å²) in [4.78, 5) is 22.5. The van der Waals surface area contributed by atoms with Gasteiger partial charge in [0.05, 0.1) is 0 Å². The molecule has 0 bridgehead atoms. The summed E-state index contributed by atoms with van der Waals surface area (Å²) in [5.74, 6) is -1.92. The third-order valence-corrected chi connectivity index (χ3v) is 9.24. The number of allylic oxidation sites excluding steroid dienone is 1. The predicted molar refractivity (Wildman–Crippen MR) is 93.8 cm³/mol. The predicted octanol–water partition coefficient (Wildman–Crippen LogP) is 3.01. The summed E-state index contributed by atoms with van der Waals surface area (Å²) in [6, 6.07) is 0. The Bertz CT molecular complexity index is 494. The molecule has 0 amide bonds. The lowest BCUT2D eigenvalue weighted by Crippen LogP contribution is -2.42. The molecule has 0 aliphatic rings. The maximum Gasteiger partial charge on any atom is 0.335 e. The van der Waals surface area contributed by atoms with Crippen molar-refractivity contribution >= 4 is 28.6 Å². The third kappa shape index (κ3) is 7.25. The smallest absolute Gasteiger partial charge is 0.335 e. The molecular formula is C15H28O6Si2. The first-order valence-electron chi connectivity index (χ1n) is 7.60. The van der Waals surface area contributed by atoms with E-state index in [4.69, 9.17) is 18.7 Å². The Morgan fingerprint density at radius 3 is 1.87 bits per heavy atom. The van der Waals surface area contributed by atoms with E-state index in [9.17, 15) is 9.59 Å². The molecule has 0 radical (unpaired) electrons. The lowest BCUT2D eigenvalue weighted by Gasteiger charge is -2.31. The Morgan fingerprint density at radius 2 is 1.43 bits per heavy atom. The zero-order chi connectivity index (χ0) is 18.3. The van der Waals surface area contributed by atoms with Gasteiger partial charge in [0.1, 0.15) is 5.38 Å². The largest absolute Gasteiger partial charge is 0.478 e. The van der Waals surface area contributed by atoms with Gasteiger partial charge in [-0.05, 0) is 52.2 Å². The Hall–Kier alpha value is -1.23. The topological polar surface area (TPSA) is 82.1 Å². The number of ether oxygens (including phenoxy) is 1. The molecule has 0 aliphatic heterocycles. The van der Waals surface area contributed by atoms with Gasteiger partial charge in [0.2, 0.25) is 8.32 Å². The molecule has 0 aromatic rings. The molecule has 0 spiro atoms. The van der Waals surface area contributed by atoms with Gasteiger partial charge in [-0.3, -0.25) is 0 Å². The standard InChI is InChI=1S/C15H28O6Si2/c1-8-19-22(4,5)12(3)15(23(6,7)20-9-2)21-14(18)11-10-13(16)17/h10-11H,8-9H2,1-7H3,(H,16,17). The molecule has 8 heteroatoms. The van der Waals surface area contributed by atoms with Crippen LogP contribution in [-0.4, -0.2) is 46.9 Å². The second kappa shape index (κ2) is 9.16. The minimum Gasteiger partial charge on any atom is -0.478 e. The van der Waals surface area contributed by atoms with Crippen LogP contribution in [0.4, 0.5) is 0 Å². The highest BCUT2D eigenvalue weighted by Gasteiger charge is 2.38. The van der Waals surface area contributed by atoms with Crippen molar-refractivity contribution in [3.63, 3.8) is 0 Å². The van der Waals surface area contributed by atoms with E-state index in [0.717, 1.165) is 17.3 Å². The van der Waals surface area contributed by atoms with Crippen molar-refractivity contribution in [1.29, 1.82) is 0 Å². The molecule has 0 aromatic heterocycles. The quantitative estimate of drug-likeness (QED) is 0.295. The molecule has 0 aliphatic carbocycles. The van der Waals surface area contributed by atoms with E-state index in [2.05, 4.69) is 0 Å². The summed E-state index contributed by atoms with van der Waals surface area (Å²) < 4.78 is 17.2. The second-order valence-electron chi connectivity index (χ2n) is 5.93. The van der Waals surface area contributed by atoms with E-state index in [1.807, 2.05) is 47.0 Å². The fraction of sp³-hybridized carbons (Fsp3) is 0.600. The molecule has 23 heavy (non-hydrogen) atoms. The van der Waals surface area contributed by atoms with Gasteiger partial charge in [0.25, 0.3) is 8.32 Å². The van der Waals surface area contributed by atoms with E-state index >= 15 is 0 Å². The van der Waals surface area contributed by atoms with E-state index in [0.29, 0.717) is 18.6 Å². The van der Waals surface area contributed by atoms with Gasteiger partial charge in [-0.1, -0.05) is 0 Å². The Morgan fingerprint density at radius 1 is 0.957 bits per heavy atom. The first-order valence-corrected chi connectivity index (χ1v) is 13.4. The minimum absolute atomic E-state index is 0.509. The number of rotatable bonds is 9.